The molecule has 268 valence electrons. The van der Waals surface area contributed by atoms with Gasteiger partial charge in [-0.2, -0.15) is 0 Å². The molecule has 12 atom stereocenters. The quantitative estimate of drug-likeness (QED) is 0.0536. The molecule has 12 unspecified atom stereocenters. The Morgan fingerprint density at radius 3 is 0.432 bits per heavy atom. The minimum atomic E-state index is -1.23. The second-order valence-corrected chi connectivity index (χ2v) is 10.1. The number of hydroxylamine groups is 6. The molecular formula is C24H62N4O15Zr+4. The van der Waals surface area contributed by atoms with Crippen LogP contribution >= 0.6 is 0 Å². The average Bonchev–Trinajstić information content (AvgIpc) is 2.82. The molecule has 0 aromatic rings. The molecular weight excluding hydrogens is 676 g/mol. The van der Waals surface area contributed by atoms with Gasteiger partial charge in [0.2, 0.25) is 37.4 Å². The first-order valence-electron chi connectivity index (χ1n) is 13.7. The van der Waals surface area contributed by atoms with Crippen molar-refractivity contribution in [2.75, 3.05) is 0 Å². The van der Waals surface area contributed by atoms with Gasteiger partial charge in [0.05, 0.1) is 0 Å². The fourth-order valence-corrected chi connectivity index (χ4v) is 3.75. The second kappa shape index (κ2) is 26.0. The second-order valence-electron chi connectivity index (χ2n) is 10.1. The maximum atomic E-state index is 9.43. The van der Waals surface area contributed by atoms with Gasteiger partial charge in [-0.1, -0.05) is 0 Å². The van der Waals surface area contributed by atoms with Gasteiger partial charge in [-0.15, -0.1) is 9.29 Å². The normalized spacial score (nSPS) is 22.2. The topological polar surface area (TPSA) is 307 Å². The van der Waals surface area contributed by atoms with Gasteiger partial charge in [-0.3, -0.25) is 0 Å². The number of hydrogen-bond donors (Lipinski definition) is 14. The first kappa shape index (κ1) is 53.5. The van der Waals surface area contributed by atoms with Crippen LogP contribution in [-0.4, -0.2) is 166 Å². The Balaban J connectivity index is -0.000000151. The van der Waals surface area contributed by atoms with Crippen LogP contribution in [0.15, 0.2) is 0 Å². The van der Waals surface area contributed by atoms with Crippen LogP contribution in [0.4, 0.5) is 0 Å². The Morgan fingerprint density at radius 2 is 0.432 bits per heavy atom. The van der Waals surface area contributed by atoms with E-state index in [9.17, 15) is 10.4 Å². The van der Waals surface area contributed by atoms with Crippen molar-refractivity contribution < 1.29 is 109 Å². The molecule has 0 heterocycles. The van der Waals surface area contributed by atoms with Crippen LogP contribution in [-0.2, 0) is 27.5 Å². The summed E-state index contributed by atoms with van der Waals surface area (Å²) >= 11 is 0.300. The summed E-state index contributed by atoms with van der Waals surface area (Å²) in [5.74, 6) is 0. The third-order valence-corrected chi connectivity index (χ3v) is 6.18. The van der Waals surface area contributed by atoms with Gasteiger partial charge in [0.15, 0.2) is 0 Å². The molecule has 20 heteroatoms. The van der Waals surface area contributed by atoms with Gasteiger partial charge in [0.1, 0.15) is 37.4 Å². The summed E-state index contributed by atoms with van der Waals surface area (Å²) in [5, 5.41) is 127. The third kappa shape index (κ3) is 19.6. The summed E-state index contributed by atoms with van der Waals surface area (Å²) in [6, 6.07) is 0. The molecule has 44 heavy (non-hydrogen) atoms. The molecule has 14 N–H and O–H groups in total. The van der Waals surface area contributed by atoms with Crippen LogP contribution in [0.1, 0.15) is 83.1 Å². The molecule has 0 fully saturated rings. The minimum absolute atomic E-state index is 0.300. The molecule has 0 aliphatic heterocycles. The zero-order chi connectivity index (χ0) is 37.1. The van der Waals surface area contributed by atoms with Gasteiger partial charge in [0.25, 0.3) is 0 Å². The summed E-state index contributed by atoms with van der Waals surface area (Å²) in [7, 11) is 0. The molecule has 0 saturated carbocycles. The first-order valence-corrected chi connectivity index (χ1v) is 14.7. The zero-order valence-electron chi connectivity index (χ0n) is 27.9. The average molecular weight is 738 g/mol. The van der Waals surface area contributed by atoms with Gasteiger partial charge in [0, 0.05) is 41.5 Å². The van der Waals surface area contributed by atoms with E-state index in [0.717, 1.165) is 0 Å². The van der Waals surface area contributed by atoms with Gasteiger partial charge >= 0.3 is 27.5 Å². The van der Waals surface area contributed by atoms with Gasteiger partial charge < -0.3 is 61.3 Å². The zero-order valence-corrected chi connectivity index (χ0v) is 30.3. The molecule has 0 amide bonds. The van der Waals surface area contributed by atoms with E-state index in [1.165, 1.54) is 92.9 Å². The van der Waals surface area contributed by atoms with E-state index in [0.29, 0.717) is 24.7 Å². The van der Waals surface area contributed by atoms with Crippen molar-refractivity contribution in [1.82, 2.24) is 9.80 Å². The molecule has 0 aliphatic rings. The van der Waals surface area contributed by atoms with E-state index in [2.05, 4.69) is 0 Å². The Labute approximate surface area is 275 Å². The molecule has 19 nitrogen and oxygen atoms in total. The van der Waals surface area contributed by atoms with Crippen molar-refractivity contribution in [3.63, 3.8) is 0 Å². The van der Waals surface area contributed by atoms with Gasteiger partial charge in [-0.25, -0.2) is 20.2 Å². The predicted molar refractivity (Wildman–Crippen MR) is 149 cm³/mol. The van der Waals surface area contributed by atoms with Crippen LogP contribution in [0, 0.1) is 0 Å². The summed E-state index contributed by atoms with van der Waals surface area (Å²) in [4.78, 5) is 2.33. The molecule has 0 aromatic carbocycles. The predicted octanol–water partition coefficient (Wildman–Crippen LogP) is -3.10. The summed E-state index contributed by atoms with van der Waals surface area (Å²) in [5.41, 5.74) is 0. The van der Waals surface area contributed by atoms with E-state index in [1.54, 1.807) is 0 Å². The Morgan fingerprint density at radius 1 is 0.341 bits per heavy atom. The number of aliphatic hydroxyl groups excluding tert-OH is 12. The van der Waals surface area contributed by atoms with Gasteiger partial charge in [-0.05, 0) is 41.5 Å². The SMILES string of the molecule is CC(O)N(C(C)O)C(C)O.CC(O)N(C(C)O)C(C)O.CC(O)[N+](O)(C(C)O)C(C)O.CC(O)[N+](O)(C(C)O)C(C)O.[O]=[Zr+2]. The number of quaternary nitrogens is 2. The van der Waals surface area contributed by atoms with Crippen molar-refractivity contribution in [1.29, 1.82) is 0 Å². The van der Waals surface area contributed by atoms with Crippen molar-refractivity contribution in [2.24, 2.45) is 0 Å². The molecule has 0 aliphatic carbocycles. The van der Waals surface area contributed by atoms with Crippen molar-refractivity contribution in [2.45, 2.75) is 158 Å². The Bertz CT molecular complexity index is 536. The monoisotopic (exact) mass is 736 g/mol. The van der Waals surface area contributed by atoms with E-state index >= 15 is 0 Å². The molecule has 0 bridgehead atoms. The molecule has 0 aromatic heterocycles. The summed E-state index contributed by atoms with van der Waals surface area (Å²) in [6.07, 6.45) is -12.4. The van der Waals surface area contributed by atoms with E-state index < -0.39 is 84.0 Å². The van der Waals surface area contributed by atoms with E-state index in [-0.39, 0.29) is 0 Å². The van der Waals surface area contributed by atoms with Crippen LogP contribution in [0.25, 0.3) is 0 Å². The fraction of sp³-hybridized carbons (Fsp3) is 1.00. The van der Waals surface area contributed by atoms with E-state index in [4.69, 9.17) is 64.1 Å². The fourth-order valence-electron chi connectivity index (χ4n) is 3.75. The van der Waals surface area contributed by atoms with Crippen molar-refractivity contribution in [3.8, 4) is 0 Å². The standard InChI is InChI=1S/2C6H16NO4.2C6H15NO3.O.Zr/c2*1-4(8)7(11,5(2)9)6(3)10;2*1-4(8)7(5(2)9)6(3)10;;/h2*4-6,8-11H,1-3H3;2*4-6,8-10H,1-3H3;;/q2*+1;;;;+2. The van der Waals surface area contributed by atoms with Crippen LogP contribution in [0.2, 0.25) is 0 Å². The van der Waals surface area contributed by atoms with Crippen molar-refractivity contribution in [3.05, 3.63) is 0 Å². The first-order chi connectivity index (χ1) is 19.6. The number of aliphatic hydroxyl groups is 12. The van der Waals surface area contributed by atoms with Crippen LogP contribution in [0.3, 0.4) is 0 Å². The Kier molecular flexibility index (Phi) is 31.6. The maximum absolute atomic E-state index is 9.43. The summed E-state index contributed by atoms with van der Waals surface area (Å²) < 4.78 is 6.01. The number of rotatable bonds is 12. The van der Waals surface area contributed by atoms with Crippen molar-refractivity contribution >= 4 is 0 Å². The molecule has 0 spiro atoms. The molecule has 0 rings (SSSR count). The third-order valence-electron chi connectivity index (χ3n) is 6.18. The summed E-state index contributed by atoms with van der Waals surface area (Å²) in [6.45, 7) is 16.7. The van der Waals surface area contributed by atoms with Crippen LogP contribution < -0.4 is 0 Å². The molecule has 0 radical (unpaired) electrons. The molecule has 0 saturated heterocycles. The van der Waals surface area contributed by atoms with Crippen LogP contribution in [0.5, 0.6) is 0 Å². The van der Waals surface area contributed by atoms with E-state index in [1.807, 2.05) is 0 Å². The number of hydrogen-bond acceptors (Lipinski definition) is 17. The number of nitrogens with zero attached hydrogens (tertiary/aromatic N) is 4. The Hall–Kier alpha value is -0.0369.